The first-order valence-electron chi connectivity index (χ1n) is 10.7. The van der Waals surface area contributed by atoms with Gasteiger partial charge in [-0.05, 0) is 77.4 Å². The number of hydrogen-bond acceptors (Lipinski definition) is 3. The van der Waals surface area contributed by atoms with Crippen molar-refractivity contribution in [3.63, 3.8) is 0 Å². The summed E-state index contributed by atoms with van der Waals surface area (Å²) in [5.74, 6) is 1.82. The zero-order chi connectivity index (χ0) is 17.6. The van der Waals surface area contributed by atoms with E-state index in [9.17, 15) is 0 Å². The minimum absolute atomic E-state index is 0.842. The summed E-state index contributed by atoms with van der Waals surface area (Å²) in [6.07, 6.45) is 11.8. The van der Waals surface area contributed by atoms with Gasteiger partial charge in [0.2, 0.25) is 0 Å². The zero-order valence-electron chi connectivity index (χ0n) is 16.4. The SMILES string of the molecule is CCNC(=NCCCOCC1CC1)NCCCCCN1CCCCC1. The maximum Gasteiger partial charge on any atom is 0.191 e. The molecule has 2 rings (SSSR count). The van der Waals surface area contributed by atoms with E-state index in [1.807, 2.05) is 0 Å². The molecule has 0 amide bonds. The fourth-order valence-electron chi connectivity index (χ4n) is 3.26. The summed E-state index contributed by atoms with van der Waals surface area (Å²) >= 11 is 0. The van der Waals surface area contributed by atoms with E-state index in [4.69, 9.17) is 4.74 Å². The van der Waals surface area contributed by atoms with E-state index in [0.717, 1.165) is 51.1 Å². The Bertz CT molecular complexity index is 352. The molecular weight excluding hydrogens is 312 g/mol. The summed E-state index contributed by atoms with van der Waals surface area (Å²) in [7, 11) is 0. The number of ether oxygens (including phenoxy) is 1. The number of nitrogens with one attached hydrogen (secondary N) is 2. The normalized spacial score (nSPS) is 19.2. The Balaban J connectivity index is 1.44. The summed E-state index contributed by atoms with van der Waals surface area (Å²) < 4.78 is 5.66. The molecule has 0 radical (unpaired) electrons. The van der Waals surface area contributed by atoms with Crippen LogP contribution in [-0.2, 0) is 4.74 Å². The lowest BCUT2D eigenvalue weighted by molar-refractivity contribution is 0.123. The van der Waals surface area contributed by atoms with Gasteiger partial charge >= 0.3 is 0 Å². The maximum absolute atomic E-state index is 5.66. The fraction of sp³-hybridized carbons (Fsp3) is 0.950. The van der Waals surface area contributed by atoms with Gasteiger partial charge in [0.1, 0.15) is 0 Å². The third-order valence-corrected chi connectivity index (χ3v) is 5.00. The number of aliphatic imine (C=N–C) groups is 1. The number of unbranched alkanes of at least 4 members (excludes halogenated alkanes) is 2. The Kier molecular flexibility index (Phi) is 11.0. The number of piperidine rings is 1. The molecule has 5 heteroatoms. The molecule has 1 saturated carbocycles. The number of rotatable bonds is 13. The monoisotopic (exact) mass is 352 g/mol. The lowest BCUT2D eigenvalue weighted by Crippen LogP contribution is -2.38. The van der Waals surface area contributed by atoms with Crippen molar-refractivity contribution in [1.82, 2.24) is 15.5 Å². The highest BCUT2D eigenvalue weighted by Crippen LogP contribution is 2.28. The lowest BCUT2D eigenvalue weighted by atomic mass is 10.1. The van der Waals surface area contributed by atoms with Crippen LogP contribution < -0.4 is 10.6 Å². The summed E-state index contributed by atoms with van der Waals surface area (Å²) in [6.45, 7) is 10.6. The van der Waals surface area contributed by atoms with Crippen LogP contribution >= 0.6 is 0 Å². The second kappa shape index (κ2) is 13.4. The van der Waals surface area contributed by atoms with Crippen LogP contribution in [-0.4, -0.2) is 63.3 Å². The molecule has 1 aliphatic carbocycles. The molecule has 0 aromatic rings. The Morgan fingerprint density at radius 2 is 1.88 bits per heavy atom. The quantitative estimate of drug-likeness (QED) is 0.304. The minimum atomic E-state index is 0.842. The van der Waals surface area contributed by atoms with Crippen LogP contribution in [0, 0.1) is 5.92 Å². The smallest absolute Gasteiger partial charge is 0.191 e. The van der Waals surface area contributed by atoms with Gasteiger partial charge in [-0.25, -0.2) is 0 Å². The average molecular weight is 353 g/mol. The standard InChI is InChI=1S/C20H40N4O/c1-2-21-20(23-13-9-17-25-18-19-10-11-19)22-12-5-3-6-14-24-15-7-4-8-16-24/h19H,2-18H2,1H3,(H2,21,22,23). The predicted octanol–water partition coefficient (Wildman–Crippen LogP) is 3.01. The second-order valence-corrected chi connectivity index (χ2v) is 7.52. The second-order valence-electron chi connectivity index (χ2n) is 7.52. The molecule has 0 aromatic heterocycles. The van der Waals surface area contributed by atoms with Gasteiger partial charge in [0.15, 0.2) is 5.96 Å². The summed E-state index contributed by atoms with van der Waals surface area (Å²) in [4.78, 5) is 7.28. The molecule has 0 unspecified atom stereocenters. The van der Waals surface area contributed by atoms with Crippen LogP contribution in [0.15, 0.2) is 4.99 Å². The van der Waals surface area contributed by atoms with E-state index < -0.39 is 0 Å². The lowest BCUT2D eigenvalue weighted by Gasteiger charge is -2.26. The average Bonchev–Trinajstić information content (AvgIpc) is 3.46. The molecule has 25 heavy (non-hydrogen) atoms. The molecule has 0 atom stereocenters. The first kappa shape index (κ1) is 20.5. The molecule has 2 aliphatic rings. The Morgan fingerprint density at radius 1 is 1.04 bits per heavy atom. The van der Waals surface area contributed by atoms with Crippen molar-refractivity contribution in [1.29, 1.82) is 0 Å². The molecule has 0 bridgehead atoms. The van der Waals surface area contributed by atoms with Crippen LogP contribution in [0.2, 0.25) is 0 Å². The highest BCUT2D eigenvalue weighted by molar-refractivity contribution is 5.79. The zero-order valence-corrected chi connectivity index (χ0v) is 16.4. The van der Waals surface area contributed by atoms with E-state index in [-0.39, 0.29) is 0 Å². The third kappa shape index (κ3) is 10.7. The molecule has 1 heterocycles. The van der Waals surface area contributed by atoms with Crippen molar-refractivity contribution in [2.75, 3.05) is 52.5 Å². The van der Waals surface area contributed by atoms with Crippen LogP contribution in [0.3, 0.4) is 0 Å². The van der Waals surface area contributed by atoms with E-state index in [0.29, 0.717) is 0 Å². The van der Waals surface area contributed by atoms with Gasteiger partial charge in [-0.2, -0.15) is 0 Å². The van der Waals surface area contributed by atoms with Crippen molar-refractivity contribution in [3.8, 4) is 0 Å². The van der Waals surface area contributed by atoms with Crippen LogP contribution in [0.4, 0.5) is 0 Å². The fourth-order valence-corrected chi connectivity index (χ4v) is 3.26. The first-order valence-corrected chi connectivity index (χ1v) is 10.7. The molecule has 0 spiro atoms. The van der Waals surface area contributed by atoms with Crippen LogP contribution in [0.1, 0.15) is 64.7 Å². The van der Waals surface area contributed by atoms with Crippen molar-refractivity contribution < 1.29 is 4.74 Å². The Labute approximate surface area is 155 Å². The van der Waals surface area contributed by atoms with E-state index in [2.05, 4.69) is 27.4 Å². The van der Waals surface area contributed by atoms with Gasteiger partial charge in [-0.1, -0.05) is 12.8 Å². The molecule has 2 N–H and O–H groups in total. The summed E-state index contributed by atoms with van der Waals surface area (Å²) in [5.41, 5.74) is 0. The number of guanidine groups is 1. The predicted molar refractivity (Wildman–Crippen MR) is 106 cm³/mol. The van der Waals surface area contributed by atoms with Crippen molar-refractivity contribution in [3.05, 3.63) is 0 Å². The molecule has 146 valence electrons. The first-order chi connectivity index (χ1) is 12.4. The summed E-state index contributed by atoms with van der Waals surface area (Å²) in [5, 5.41) is 6.80. The van der Waals surface area contributed by atoms with E-state index in [1.165, 1.54) is 71.0 Å². The number of hydrogen-bond donors (Lipinski definition) is 2. The molecule has 1 saturated heterocycles. The van der Waals surface area contributed by atoms with Gasteiger partial charge in [0.05, 0.1) is 0 Å². The van der Waals surface area contributed by atoms with Gasteiger partial charge in [0, 0.05) is 32.8 Å². The minimum Gasteiger partial charge on any atom is -0.381 e. The van der Waals surface area contributed by atoms with Gasteiger partial charge in [-0.15, -0.1) is 0 Å². The highest BCUT2D eigenvalue weighted by atomic mass is 16.5. The molecule has 1 aliphatic heterocycles. The Hall–Kier alpha value is -0.810. The van der Waals surface area contributed by atoms with Crippen molar-refractivity contribution in [2.45, 2.75) is 64.7 Å². The number of nitrogens with zero attached hydrogens (tertiary/aromatic N) is 2. The van der Waals surface area contributed by atoms with E-state index in [1.54, 1.807) is 0 Å². The maximum atomic E-state index is 5.66. The van der Waals surface area contributed by atoms with Gasteiger partial charge in [0.25, 0.3) is 0 Å². The molecule has 5 nitrogen and oxygen atoms in total. The van der Waals surface area contributed by atoms with Crippen LogP contribution in [0.5, 0.6) is 0 Å². The van der Waals surface area contributed by atoms with Gasteiger partial charge < -0.3 is 20.3 Å². The topological polar surface area (TPSA) is 48.9 Å². The third-order valence-electron chi connectivity index (χ3n) is 5.00. The largest absolute Gasteiger partial charge is 0.381 e. The van der Waals surface area contributed by atoms with Crippen molar-refractivity contribution in [2.24, 2.45) is 10.9 Å². The number of likely N-dealkylation sites (tertiary alicyclic amines) is 1. The Morgan fingerprint density at radius 3 is 2.64 bits per heavy atom. The molecule has 2 fully saturated rings. The highest BCUT2D eigenvalue weighted by Gasteiger charge is 2.20. The van der Waals surface area contributed by atoms with E-state index >= 15 is 0 Å². The van der Waals surface area contributed by atoms with Crippen LogP contribution in [0.25, 0.3) is 0 Å². The molecular formula is C20H40N4O. The summed E-state index contributed by atoms with van der Waals surface area (Å²) in [6, 6.07) is 0. The molecule has 0 aromatic carbocycles. The van der Waals surface area contributed by atoms with Crippen molar-refractivity contribution >= 4 is 5.96 Å². The van der Waals surface area contributed by atoms with Gasteiger partial charge in [-0.3, -0.25) is 4.99 Å².